The van der Waals surface area contributed by atoms with Crippen LogP contribution >= 0.6 is 0 Å². The van der Waals surface area contributed by atoms with Gasteiger partial charge in [-0.1, -0.05) is 6.07 Å². The molecule has 3 aromatic rings. The van der Waals surface area contributed by atoms with Gasteiger partial charge in [0.1, 0.15) is 0 Å². The average molecular weight is 535 g/mol. The van der Waals surface area contributed by atoms with Crippen molar-refractivity contribution in [2.75, 3.05) is 24.5 Å². The van der Waals surface area contributed by atoms with Gasteiger partial charge in [-0.05, 0) is 6.07 Å². The van der Waals surface area contributed by atoms with Gasteiger partial charge in [-0.25, -0.2) is 0 Å². The molecule has 0 N–H and O–H groups in total. The summed E-state index contributed by atoms with van der Waals surface area (Å²) in [6, 6.07) is 22.8. The molecule has 1 aromatic heterocycles. The van der Waals surface area contributed by atoms with E-state index >= 15 is 0 Å². The molecule has 0 spiro atoms. The van der Waals surface area contributed by atoms with E-state index < -0.39 is 21.1 Å². The molecule has 0 atom stereocenters. The number of carbonyl (C=O) groups excluding carboxylic acids is 1. The van der Waals surface area contributed by atoms with Crippen LogP contribution in [0.3, 0.4) is 0 Å². The van der Waals surface area contributed by atoms with E-state index in [0.717, 1.165) is 48.5 Å². The molecule has 0 bridgehead atoms. The van der Waals surface area contributed by atoms with E-state index in [1.807, 2.05) is 35.2 Å². The molecule has 1 amide bonds. The number of nitrogens with zero attached hydrogens (tertiary/aromatic N) is 2. The first-order chi connectivity index (χ1) is 15.6. The van der Waals surface area contributed by atoms with Crippen molar-refractivity contribution in [3.05, 3.63) is 84.3 Å². The normalized spacial score (nSPS) is 15.2. The zero-order valence-electron chi connectivity index (χ0n) is 19.0. The topological polar surface area (TPSA) is 36.7 Å². The Morgan fingerprint density at radius 2 is 1.75 bits per heavy atom. The molecule has 1 fully saturated rings. The molecule has 1 aliphatic heterocycles. The summed E-state index contributed by atoms with van der Waals surface area (Å²) in [6.07, 6.45) is 4.65. The average Bonchev–Trinajstić information content (AvgIpc) is 3.35. The fourth-order valence-corrected chi connectivity index (χ4v) is 7.92. The van der Waals surface area contributed by atoms with Crippen LogP contribution in [0.2, 0.25) is 3.93 Å². The quantitative estimate of drug-likeness (QED) is 0.390. The Bertz CT molecular complexity index is 980. The molecule has 2 heterocycles. The van der Waals surface area contributed by atoms with Crippen LogP contribution in [0.15, 0.2) is 77.4 Å². The molecule has 0 aliphatic carbocycles. The van der Waals surface area contributed by atoms with Crippen LogP contribution < -0.4 is 8.48 Å². The van der Waals surface area contributed by atoms with Gasteiger partial charge in [0.25, 0.3) is 0 Å². The second-order valence-corrected chi connectivity index (χ2v) is 14.4. The van der Waals surface area contributed by atoms with Crippen LogP contribution in [0.5, 0.6) is 0 Å². The number of furan rings is 1. The Labute approximate surface area is 201 Å². The van der Waals surface area contributed by atoms with E-state index in [0.29, 0.717) is 5.76 Å². The number of hydrogen-bond acceptors (Lipinski definition) is 3. The number of para-hydroxylation sites is 1. The molecular weight excluding hydrogens is 503 g/mol. The van der Waals surface area contributed by atoms with E-state index in [-0.39, 0.29) is 11.9 Å². The molecule has 5 heteroatoms. The Kier molecular flexibility index (Phi) is 8.09. The van der Waals surface area contributed by atoms with Crippen molar-refractivity contribution < 1.29 is 9.21 Å². The monoisotopic (exact) mass is 536 g/mol. The van der Waals surface area contributed by atoms with Crippen molar-refractivity contribution in [3.63, 3.8) is 0 Å². The van der Waals surface area contributed by atoms with E-state index in [2.05, 4.69) is 43.0 Å². The SMILES string of the molecule is C[CH](C)[Sn][c]1ccccc1CCN1CCC(N(C(=O)c2ccco2)c2ccccc2)CC1. The third-order valence-electron chi connectivity index (χ3n) is 6.07. The summed E-state index contributed by atoms with van der Waals surface area (Å²) in [7, 11) is 0. The molecule has 4 nitrogen and oxygen atoms in total. The minimum atomic E-state index is -0.506. The molecule has 2 radical (unpaired) electrons. The van der Waals surface area contributed by atoms with E-state index in [1.54, 1.807) is 27.5 Å². The third-order valence-corrected chi connectivity index (χ3v) is 9.99. The molecule has 4 rings (SSSR count). The standard InChI is InChI=1S/C24H25N2O2.C3H7.Sn/c27-24(23-12-7-19-28-23)26(21-10-5-2-6-11-21)22-14-17-25(18-15-22)16-13-20-8-3-1-4-9-20;1-3-2;/h1-8,10-12,19,22H,13-18H2;3H,1-2H3;. The van der Waals surface area contributed by atoms with Crippen LogP contribution in [-0.2, 0) is 6.42 Å². The van der Waals surface area contributed by atoms with Gasteiger partial charge in [-0.15, -0.1) is 0 Å². The van der Waals surface area contributed by atoms with Gasteiger partial charge < -0.3 is 0 Å². The van der Waals surface area contributed by atoms with E-state index in [9.17, 15) is 4.79 Å². The summed E-state index contributed by atoms with van der Waals surface area (Å²) in [6.45, 7) is 7.85. The van der Waals surface area contributed by atoms with Crippen molar-refractivity contribution in [1.82, 2.24) is 4.90 Å². The summed E-state index contributed by atoms with van der Waals surface area (Å²) >= 11 is -0.506. The summed E-state index contributed by atoms with van der Waals surface area (Å²) in [5.74, 6) is 0.358. The summed E-state index contributed by atoms with van der Waals surface area (Å²) in [5, 5.41) is 0. The molecule has 166 valence electrons. The number of piperidine rings is 1. The molecule has 0 unspecified atom stereocenters. The summed E-state index contributed by atoms with van der Waals surface area (Å²) in [4.78, 5) is 17.8. The van der Waals surface area contributed by atoms with Crippen LogP contribution in [0.25, 0.3) is 0 Å². The van der Waals surface area contributed by atoms with Crippen molar-refractivity contribution in [3.8, 4) is 0 Å². The number of likely N-dealkylation sites (tertiary alicyclic amines) is 1. The molecule has 2 aromatic carbocycles. The van der Waals surface area contributed by atoms with Crippen molar-refractivity contribution in [2.24, 2.45) is 0 Å². The predicted octanol–water partition coefficient (Wildman–Crippen LogP) is 4.79. The zero-order chi connectivity index (χ0) is 22.3. The van der Waals surface area contributed by atoms with Gasteiger partial charge in [0.05, 0.1) is 6.26 Å². The molecule has 0 saturated carbocycles. The number of benzene rings is 2. The maximum atomic E-state index is 13.2. The first kappa shape index (κ1) is 23.1. The first-order valence-corrected chi connectivity index (χ1v) is 14.7. The van der Waals surface area contributed by atoms with Gasteiger partial charge in [0.2, 0.25) is 0 Å². The second-order valence-electron chi connectivity index (χ2n) is 8.77. The number of amides is 1. The maximum absolute atomic E-state index is 13.2. The Morgan fingerprint density at radius 3 is 2.44 bits per heavy atom. The zero-order valence-corrected chi connectivity index (χ0v) is 21.9. The minimum absolute atomic E-state index is 0.0478. The fraction of sp³-hybridized carbons (Fsp3) is 0.370. The van der Waals surface area contributed by atoms with Crippen molar-refractivity contribution in [1.29, 1.82) is 0 Å². The Morgan fingerprint density at radius 1 is 1.03 bits per heavy atom. The molecule has 32 heavy (non-hydrogen) atoms. The van der Waals surface area contributed by atoms with Gasteiger partial charge in [0, 0.05) is 0 Å². The van der Waals surface area contributed by atoms with E-state index in [1.165, 1.54) is 0 Å². The molecule has 1 aliphatic rings. The van der Waals surface area contributed by atoms with Gasteiger partial charge >= 0.3 is 184 Å². The summed E-state index contributed by atoms with van der Waals surface area (Å²) < 4.78 is 7.93. The van der Waals surface area contributed by atoms with Crippen molar-refractivity contribution in [2.45, 2.75) is 43.1 Å². The Hall–Kier alpha value is -2.05. The van der Waals surface area contributed by atoms with Gasteiger partial charge in [0.15, 0.2) is 0 Å². The van der Waals surface area contributed by atoms with Gasteiger partial charge in [-0.2, -0.15) is 0 Å². The van der Waals surface area contributed by atoms with Crippen LogP contribution in [0.1, 0.15) is 42.8 Å². The van der Waals surface area contributed by atoms with Crippen LogP contribution in [0.4, 0.5) is 5.69 Å². The number of hydrogen-bond donors (Lipinski definition) is 0. The van der Waals surface area contributed by atoms with Crippen LogP contribution in [-0.4, -0.2) is 57.6 Å². The summed E-state index contributed by atoms with van der Waals surface area (Å²) in [5.41, 5.74) is 2.50. The molecule has 1 saturated heterocycles. The van der Waals surface area contributed by atoms with Gasteiger partial charge in [-0.3, -0.25) is 0 Å². The fourth-order valence-electron chi connectivity index (χ4n) is 4.47. The number of rotatable bonds is 8. The van der Waals surface area contributed by atoms with E-state index in [4.69, 9.17) is 4.42 Å². The molecular formula is C27H32N2O2Sn. The predicted molar refractivity (Wildman–Crippen MR) is 132 cm³/mol. The first-order valence-electron chi connectivity index (χ1n) is 11.6. The number of carbonyl (C=O) groups is 1. The third kappa shape index (κ3) is 5.84. The second kappa shape index (κ2) is 11.2. The number of anilines is 1. The van der Waals surface area contributed by atoms with Crippen LogP contribution in [0, 0.1) is 0 Å². The van der Waals surface area contributed by atoms with Crippen molar-refractivity contribution >= 4 is 36.3 Å². The Balaban J connectivity index is 1.39.